The Bertz CT molecular complexity index is 981. The van der Waals surface area contributed by atoms with Crippen LogP contribution in [0.25, 0.3) is 0 Å². The van der Waals surface area contributed by atoms with Gasteiger partial charge >= 0.3 is 7.80 Å². The van der Waals surface area contributed by atoms with Gasteiger partial charge in [0, 0.05) is 5.56 Å². The average molecular weight is 361 g/mol. The van der Waals surface area contributed by atoms with Gasteiger partial charge in [-0.15, -0.1) is 0 Å². The van der Waals surface area contributed by atoms with Crippen molar-refractivity contribution in [1.82, 2.24) is 0 Å². The van der Waals surface area contributed by atoms with Gasteiger partial charge in [-0.1, -0.05) is 52.1 Å². The van der Waals surface area contributed by atoms with Crippen molar-refractivity contribution in [2.75, 3.05) is 0 Å². The van der Waals surface area contributed by atoms with Crippen LogP contribution >= 0.6 is 7.80 Å². The van der Waals surface area contributed by atoms with Gasteiger partial charge in [-0.25, -0.2) is 0 Å². The first-order valence-corrected chi connectivity index (χ1v) is 9.90. The Morgan fingerprint density at radius 1 is 0.769 bits per heavy atom. The summed E-state index contributed by atoms with van der Waals surface area (Å²) < 4.78 is 13.1. The molecule has 3 rings (SSSR count). The van der Waals surface area contributed by atoms with Crippen molar-refractivity contribution in [3.05, 3.63) is 94.0 Å². The SMILES string of the molecule is Cc1cc(C)c(C(=O)c2cc(C)ccc2[P+](=O)c2ccccc2)c(C)c1. The quantitative estimate of drug-likeness (QED) is 0.488. The molecule has 26 heavy (non-hydrogen) atoms. The molecule has 0 aliphatic rings. The average Bonchev–Trinajstić information content (AvgIpc) is 2.61. The second-order valence-electron chi connectivity index (χ2n) is 6.75. The maximum absolute atomic E-state index is 13.4. The van der Waals surface area contributed by atoms with Crippen LogP contribution in [0, 0.1) is 27.7 Å². The Balaban J connectivity index is 2.15. The molecule has 0 heterocycles. The van der Waals surface area contributed by atoms with Crippen LogP contribution in [0.4, 0.5) is 0 Å². The number of benzene rings is 3. The predicted molar refractivity (Wildman–Crippen MR) is 109 cm³/mol. The molecule has 0 fully saturated rings. The molecule has 0 spiro atoms. The molecule has 3 aromatic rings. The zero-order valence-corrected chi connectivity index (χ0v) is 16.4. The van der Waals surface area contributed by atoms with Crippen molar-refractivity contribution in [3.63, 3.8) is 0 Å². The van der Waals surface area contributed by atoms with Crippen LogP contribution in [0.15, 0.2) is 60.7 Å². The lowest BCUT2D eigenvalue weighted by atomic mass is 9.92. The summed E-state index contributed by atoms with van der Waals surface area (Å²) in [4.78, 5) is 13.4. The van der Waals surface area contributed by atoms with Gasteiger partial charge in [-0.3, -0.25) is 4.79 Å². The number of aryl methyl sites for hydroxylation is 4. The van der Waals surface area contributed by atoms with Crippen molar-refractivity contribution in [1.29, 1.82) is 0 Å². The Morgan fingerprint density at radius 3 is 2.00 bits per heavy atom. The fourth-order valence-corrected chi connectivity index (χ4v) is 4.70. The summed E-state index contributed by atoms with van der Waals surface area (Å²) in [7, 11) is -1.82. The predicted octanol–water partition coefficient (Wildman–Crippen LogP) is 4.93. The molecule has 0 aliphatic heterocycles. The van der Waals surface area contributed by atoms with Gasteiger partial charge in [0.1, 0.15) is 0 Å². The molecule has 3 aromatic carbocycles. The van der Waals surface area contributed by atoms with Crippen LogP contribution < -0.4 is 10.6 Å². The summed E-state index contributed by atoms with van der Waals surface area (Å²) in [5, 5.41) is 1.33. The summed E-state index contributed by atoms with van der Waals surface area (Å²) in [5.41, 5.74) is 5.26. The summed E-state index contributed by atoms with van der Waals surface area (Å²) >= 11 is 0. The van der Waals surface area contributed by atoms with Gasteiger partial charge in [-0.2, -0.15) is 0 Å². The van der Waals surface area contributed by atoms with E-state index in [-0.39, 0.29) is 5.78 Å². The van der Waals surface area contributed by atoms with E-state index in [1.165, 1.54) is 0 Å². The fraction of sp³-hybridized carbons (Fsp3) is 0.174. The summed E-state index contributed by atoms with van der Waals surface area (Å²) in [6.07, 6.45) is 0. The van der Waals surface area contributed by atoms with Gasteiger partial charge in [-0.05, 0) is 63.1 Å². The normalized spacial score (nSPS) is 11.3. The molecule has 1 unspecified atom stereocenters. The first-order valence-electron chi connectivity index (χ1n) is 8.64. The molecule has 1 atom stereocenters. The third-order valence-corrected chi connectivity index (χ3v) is 6.11. The van der Waals surface area contributed by atoms with E-state index >= 15 is 0 Å². The highest BCUT2D eigenvalue weighted by Gasteiger charge is 2.31. The van der Waals surface area contributed by atoms with Gasteiger partial charge in [0.05, 0.1) is 5.56 Å². The lowest BCUT2D eigenvalue weighted by molar-refractivity contribution is 0.103. The van der Waals surface area contributed by atoms with Gasteiger partial charge in [0.25, 0.3) is 0 Å². The van der Waals surface area contributed by atoms with Crippen LogP contribution in [-0.4, -0.2) is 5.78 Å². The standard InChI is InChI=1S/C23H22O2P/c1-15-10-11-21(26(25)19-8-6-5-7-9-19)20(14-15)23(24)22-17(3)12-16(2)13-18(22)4/h5-14H,1-4H3/q+1. The van der Waals surface area contributed by atoms with Crippen LogP contribution in [0.3, 0.4) is 0 Å². The van der Waals surface area contributed by atoms with Crippen molar-refractivity contribution >= 4 is 24.2 Å². The number of rotatable bonds is 4. The number of carbonyl (C=O) groups is 1. The molecule has 0 aromatic heterocycles. The molecule has 0 aliphatic carbocycles. The largest absolute Gasteiger partial charge is 0.416 e. The Kier molecular flexibility index (Phi) is 5.15. The second-order valence-corrected chi connectivity index (χ2v) is 8.34. The molecule has 0 N–H and O–H groups in total. The summed E-state index contributed by atoms with van der Waals surface area (Å²) in [5.74, 6) is -0.0574. The van der Waals surface area contributed by atoms with Gasteiger partial charge in [0.15, 0.2) is 11.1 Å². The zero-order valence-electron chi connectivity index (χ0n) is 15.5. The van der Waals surface area contributed by atoms with Crippen molar-refractivity contribution in [3.8, 4) is 0 Å². The van der Waals surface area contributed by atoms with Crippen LogP contribution in [0.1, 0.15) is 38.2 Å². The molecule has 0 amide bonds. The highest BCUT2D eigenvalue weighted by atomic mass is 31.1. The molecule has 0 saturated carbocycles. The molecular formula is C23H22O2P+. The first kappa shape index (κ1) is 18.2. The van der Waals surface area contributed by atoms with E-state index in [1.54, 1.807) is 0 Å². The van der Waals surface area contributed by atoms with Gasteiger partial charge in [0.2, 0.25) is 5.30 Å². The van der Waals surface area contributed by atoms with Crippen molar-refractivity contribution < 1.29 is 9.36 Å². The fourth-order valence-electron chi connectivity index (χ4n) is 3.38. The zero-order chi connectivity index (χ0) is 18.8. The lowest BCUT2D eigenvalue weighted by Gasteiger charge is -2.11. The Labute approximate surface area is 155 Å². The van der Waals surface area contributed by atoms with Gasteiger partial charge < -0.3 is 0 Å². The smallest absolute Gasteiger partial charge is 0.288 e. The molecule has 0 bridgehead atoms. The highest BCUT2D eigenvalue weighted by molar-refractivity contribution is 7.61. The molecule has 2 nitrogen and oxygen atoms in total. The van der Waals surface area contributed by atoms with E-state index in [0.29, 0.717) is 16.4 Å². The van der Waals surface area contributed by atoms with Crippen LogP contribution in [0.5, 0.6) is 0 Å². The lowest BCUT2D eigenvalue weighted by Crippen LogP contribution is -2.18. The van der Waals surface area contributed by atoms with Crippen molar-refractivity contribution in [2.24, 2.45) is 0 Å². The minimum absolute atomic E-state index is 0.0574. The maximum Gasteiger partial charge on any atom is 0.416 e. The van der Waals surface area contributed by atoms with E-state index in [2.05, 4.69) is 0 Å². The second kappa shape index (κ2) is 7.35. The van der Waals surface area contributed by atoms with E-state index in [0.717, 1.165) is 27.6 Å². The van der Waals surface area contributed by atoms with Crippen molar-refractivity contribution in [2.45, 2.75) is 27.7 Å². The summed E-state index contributed by atoms with van der Waals surface area (Å²) in [6, 6.07) is 19.0. The van der Waals surface area contributed by atoms with Crippen LogP contribution in [-0.2, 0) is 4.57 Å². The third-order valence-electron chi connectivity index (χ3n) is 4.51. The third kappa shape index (κ3) is 3.52. The maximum atomic E-state index is 13.4. The van der Waals surface area contributed by atoms with E-state index in [9.17, 15) is 9.36 Å². The number of hydrogen-bond donors (Lipinski definition) is 0. The minimum Gasteiger partial charge on any atom is -0.288 e. The first-order chi connectivity index (χ1) is 12.4. The number of ketones is 1. The topological polar surface area (TPSA) is 34.1 Å². The van der Waals surface area contributed by atoms with E-state index in [4.69, 9.17) is 0 Å². The monoisotopic (exact) mass is 361 g/mol. The Hall–Kier alpha value is -2.57. The molecule has 0 radical (unpaired) electrons. The minimum atomic E-state index is -1.82. The van der Waals surface area contributed by atoms with Crippen LogP contribution in [0.2, 0.25) is 0 Å². The molecular weight excluding hydrogens is 339 g/mol. The number of carbonyl (C=O) groups excluding carboxylic acids is 1. The van der Waals surface area contributed by atoms with E-state index in [1.807, 2.05) is 88.4 Å². The Morgan fingerprint density at radius 2 is 1.38 bits per heavy atom. The highest BCUT2D eigenvalue weighted by Crippen LogP contribution is 2.26. The summed E-state index contributed by atoms with van der Waals surface area (Å²) in [6.45, 7) is 7.89. The van der Waals surface area contributed by atoms with E-state index < -0.39 is 7.80 Å². The molecule has 0 saturated heterocycles. The number of hydrogen-bond acceptors (Lipinski definition) is 2. The molecule has 3 heteroatoms. The molecule has 130 valence electrons.